The van der Waals surface area contributed by atoms with Gasteiger partial charge in [-0.3, -0.25) is 14.4 Å². The number of aliphatic hydroxyl groups is 1. The molecule has 5 rings (SSSR count). The number of aryl methyl sites for hydroxylation is 2. The number of rotatable bonds is 11. The van der Waals surface area contributed by atoms with E-state index in [0.29, 0.717) is 22.6 Å². The molecule has 0 aliphatic heterocycles. The number of nitrogens with one attached hydrogen (secondary N) is 3. The fourth-order valence-electron chi connectivity index (χ4n) is 5.76. The number of H-pyrrole nitrogens is 1. The highest BCUT2D eigenvalue weighted by Crippen LogP contribution is 2.27. The Labute approximate surface area is 259 Å². The molecule has 11 nitrogen and oxygen atoms in total. The zero-order valence-corrected chi connectivity index (χ0v) is 25.4. The molecule has 0 aliphatic rings. The van der Waals surface area contributed by atoms with Gasteiger partial charge in [-0.05, 0) is 52.9 Å². The molecule has 0 saturated heterocycles. The minimum Gasteiger partial charge on any atom is -0.479 e. The number of aromatic nitrogens is 3. The summed E-state index contributed by atoms with van der Waals surface area (Å²) in [5.41, 5.74) is 3.25. The lowest BCUT2D eigenvalue weighted by Gasteiger charge is -2.26. The number of para-hydroxylation sites is 1. The van der Waals surface area contributed by atoms with Crippen molar-refractivity contribution in [3.63, 3.8) is 0 Å². The summed E-state index contributed by atoms with van der Waals surface area (Å²) in [6.45, 7) is 5.26. The lowest BCUT2D eigenvalue weighted by atomic mass is 9.93. The Bertz CT molecular complexity index is 1870. The second kappa shape index (κ2) is 12.7. The Hall–Kier alpha value is -5.29. The van der Waals surface area contributed by atoms with Gasteiger partial charge in [-0.1, -0.05) is 56.3 Å². The van der Waals surface area contributed by atoms with Crippen molar-refractivity contribution >= 4 is 45.2 Å². The van der Waals surface area contributed by atoms with Gasteiger partial charge in [-0.2, -0.15) is 0 Å². The van der Waals surface area contributed by atoms with E-state index in [1.165, 1.54) is 0 Å². The van der Waals surface area contributed by atoms with E-state index in [4.69, 9.17) is 0 Å². The number of amides is 2. The van der Waals surface area contributed by atoms with Gasteiger partial charge in [0, 0.05) is 42.3 Å². The number of aromatic amines is 1. The van der Waals surface area contributed by atoms with E-state index >= 15 is 0 Å². The first-order valence-corrected chi connectivity index (χ1v) is 14.6. The zero-order chi connectivity index (χ0) is 32.4. The van der Waals surface area contributed by atoms with Gasteiger partial charge in [-0.25, -0.2) is 9.78 Å². The summed E-state index contributed by atoms with van der Waals surface area (Å²) in [4.78, 5) is 60.0. The number of carboxylic acids is 1. The number of aliphatic hydroxyl groups excluding tert-OH is 1. The lowest BCUT2D eigenvalue weighted by Crippen LogP contribution is -2.58. The molecule has 2 unspecified atom stereocenters. The van der Waals surface area contributed by atoms with Crippen molar-refractivity contribution in [2.75, 3.05) is 0 Å². The van der Waals surface area contributed by atoms with Crippen molar-refractivity contribution in [3.05, 3.63) is 89.9 Å². The molecule has 2 aromatic heterocycles. The number of benzene rings is 3. The smallest absolute Gasteiger partial charge is 0.335 e. The summed E-state index contributed by atoms with van der Waals surface area (Å²) in [6, 6.07) is 15.7. The van der Waals surface area contributed by atoms with Gasteiger partial charge in [0.05, 0.1) is 0 Å². The van der Waals surface area contributed by atoms with E-state index in [0.717, 1.165) is 27.2 Å². The number of hydrogen-bond acceptors (Lipinski definition) is 6. The number of nitrogens with zero attached hydrogens (tertiary/aromatic N) is 2. The van der Waals surface area contributed by atoms with Crippen molar-refractivity contribution < 1.29 is 29.4 Å². The molecule has 2 amide bonds. The Balaban J connectivity index is 1.42. The summed E-state index contributed by atoms with van der Waals surface area (Å²) >= 11 is 0. The highest BCUT2D eigenvalue weighted by molar-refractivity contribution is 6.04. The molecule has 0 radical (unpaired) electrons. The molecule has 0 bridgehead atoms. The molecule has 3 aromatic carbocycles. The molecule has 0 saturated carbocycles. The van der Waals surface area contributed by atoms with E-state index < -0.39 is 47.7 Å². The average molecular weight is 610 g/mol. The van der Waals surface area contributed by atoms with Crippen molar-refractivity contribution in [1.82, 2.24) is 25.2 Å². The van der Waals surface area contributed by atoms with Crippen molar-refractivity contribution in [3.8, 4) is 11.4 Å². The van der Waals surface area contributed by atoms with Crippen LogP contribution in [0.2, 0.25) is 0 Å². The van der Waals surface area contributed by atoms with Gasteiger partial charge in [0.1, 0.15) is 23.6 Å². The number of fused-ring (bicyclic) bond motifs is 2. The van der Waals surface area contributed by atoms with Crippen LogP contribution in [-0.2, 0) is 27.9 Å². The number of carbonyl (C=O) groups excluding carboxylic acids is 3. The maximum atomic E-state index is 13.7. The maximum Gasteiger partial charge on any atom is 0.335 e. The molecule has 0 fully saturated rings. The number of imidazole rings is 1. The second-order valence-electron chi connectivity index (χ2n) is 11.5. The highest BCUT2D eigenvalue weighted by atomic mass is 16.4. The van der Waals surface area contributed by atoms with Crippen LogP contribution in [0.5, 0.6) is 0 Å². The summed E-state index contributed by atoms with van der Waals surface area (Å²) < 4.78 is 1.75. The normalized spacial score (nSPS) is 13.5. The molecular formula is C34H35N5O6. The molecular weight excluding hydrogens is 574 g/mol. The summed E-state index contributed by atoms with van der Waals surface area (Å²) in [5.74, 6) is -3.51. The predicted molar refractivity (Wildman–Crippen MR) is 170 cm³/mol. The van der Waals surface area contributed by atoms with E-state index in [1.54, 1.807) is 43.9 Å². The Kier molecular flexibility index (Phi) is 8.82. The first kappa shape index (κ1) is 31.1. The topological polar surface area (TPSA) is 166 Å². The quantitative estimate of drug-likeness (QED) is 0.153. The first-order valence-electron chi connectivity index (χ1n) is 14.6. The molecule has 232 valence electrons. The number of hydrogen-bond donors (Lipinski definition) is 5. The van der Waals surface area contributed by atoms with Crippen LogP contribution in [0, 0.1) is 12.8 Å². The maximum absolute atomic E-state index is 13.7. The van der Waals surface area contributed by atoms with E-state index in [-0.39, 0.29) is 6.42 Å². The molecule has 0 spiro atoms. The third kappa shape index (κ3) is 6.20. The minimum absolute atomic E-state index is 0.280. The SMILES string of the molecule is Cc1c(C(=O)N[C@H](C(=O)NC(C(=O)Cc2cc(-c3ncc[nH]3)cc3ccccc23)C(O)C(=O)O)C(C)C)n(C)c2ccccc12. The Morgan fingerprint density at radius 1 is 0.956 bits per heavy atom. The van der Waals surface area contributed by atoms with Crippen LogP contribution in [0.4, 0.5) is 0 Å². The van der Waals surface area contributed by atoms with Gasteiger partial charge in [0.25, 0.3) is 5.91 Å². The van der Waals surface area contributed by atoms with Gasteiger partial charge < -0.3 is 30.4 Å². The number of carbonyl (C=O) groups is 4. The third-order valence-corrected chi connectivity index (χ3v) is 8.11. The lowest BCUT2D eigenvalue weighted by molar-refractivity contribution is -0.151. The molecule has 0 aliphatic carbocycles. The van der Waals surface area contributed by atoms with Crippen LogP contribution in [0.1, 0.15) is 35.5 Å². The Morgan fingerprint density at radius 3 is 2.29 bits per heavy atom. The van der Waals surface area contributed by atoms with Gasteiger partial charge in [0.2, 0.25) is 5.91 Å². The zero-order valence-electron chi connectivity index (χ0n) is 25.4. The Morgan fingerprint density at radius 2 is 1.64 bits per heavy atom. The van der Waals surface area contributed by atoms with Crippen molar-refractivity contribution in [2.45, 2.75) is 45.4 Å². The van der Waals surface area contributed by atoms with Crippen LogP contribution in [0.15, 0.2) is 73.1 Å². The average Bonchev–Trinajstić information content (AvgIpc) is 3.65. The highest BCUT2D eigenvalue weighted by Gasteiger charge is 2.36. The molecule has 5 N–H and O–H groups in total. The molecule has 45 heavy (non-hydrogen) atoms. The van der Waals surface area contributed by atoms with Gasteiger partial charge in [0.15, 0.2) is 11.9 Å². The van der Waals surface area contributed by atoms with Gasteiger partial charge in [-0.15, -0.1) is 0 Å². The van der Waals surface area contributed by atoms with Crippen molar-refractivity contribution in [2.24, 2.45) is 13.0 Å². The fourth-order valence-corrected chi connectivity index (χ4v) is 5.76. The van der Waals surface area contributed by atoms with Crippen LogP contribution < -0.4 is 10.6 Å². The summed E-state index contributed by atoms with van der Waals surface area (Å²) in [7, 11) is 1.76. The summed E-state index contributed by atoms with van der Waals surface area (Å²) in [5, 5.41) is 27.9. The fraction of sp³-hybridized carbons (Fsp3) is 0.265. The van der Waals surface area contributed by atoms with E-state index in [9.17, 15) is 29.4 Å². The number of aliphatic carboxylic acids is 1. The van der Waals surface area contributed by atoms with Crippen LogP contribution in [0.3, 0.4) is 0 Å². The predicted octanol–water partition coefficient (Wildman–Crippen LogP) is 3.53. The first-order chi connectivity index (χ1) is 21.5. The number of ketones is 1. The van der Waals surface area contributed by atoms with Gasteiger partial charge >= 0.3 is 5.97 Å². The molecule has 11 heteroatoms. The third-order valence-electron chi connectivity index (χ3n) is 8.11. The number of carboxylic acid groups (broad SMARTS) is 1. The molecule has 3 atom stereocenters. The summed E-state index contributed by atoms with van der Waals surface area (Å²) in [6.07, 6.45) is 0.785. The van der Waals surface area contributed by atoms with Crippen molar-refractivity contribution in [1.29, 1.82) is 0 Å². The monoisotopic (exact) mass is 609 g/mol. The second-order valence-corrected chi connectivity index (χ2v) is 11.5. The molecule has 2 heterocycles. The largest absolute Gasteiger partial charge is 0.479 e. The number of Topliss-reactive ketones (excluding diaryl/α,β-unsaturated/α-hetero) is 1. The van der Waals surface area contributed by atoms with Crippen LogP contribution >= 0.6 is 0 Å². The van der Waals surface area contributed by atoms with Crippen LogP contribution in [-0.4, -0.2) is 66.5 Å². The van der Waals surface area contributed by atoms with Crippen LogP contribution in [0.25, 0.3) is 33.1 Å². The van der Waals surface area contributed by atoms with E-state index in [2.05, 4.69) is 20.6 Å². The minimum atomic E-state index is -2.22. The molecule has 5 aromatic rings. The standard InChI is InChI=1S/C34H35N5O6/c1-18(2)27(37-33(43)29-19(3)23-10-7-8-12-25(23)39(29)4)32(42)38-28(30(41)34(44)45)26(40)17-21-16-22(31-35-13-14-36-31)15-20-9-5-6-11-24(20)21/h5-16,18,27-28,30,41H,17H2,1-4H3,(H,35,36)(H,37,43)(H,38,42)(H,44,45)/t27-,28?,30?/m0/s1. The van der Waals surface area contributed by atoms with E-state index in [1.807, 2.05) is 61.5 Å².